The molecular formula is C7H11ClN2S. The second-order valence-corrected chi connectivity index (χ2v) is 4.20. The quantitative estimate of drug-likeness (QED) is 0.684. The molecule has 0 atom stereocenters. The van der Waals surface area contributed by atoms with Crippen LogP contribution in [0.25, 0.3) is 0 Å². The Bertz CT molecular complexity index is 208. The van der Waals surface area contributed by atoms with Gasteiger partial charge in [0, 0.05) is 5.88 Å². The first-order valence-corrected chi connectivity index (χ1v) is 4.73. The average molecular weight is 191 g/mol. The molecule has 0 aliphatic carbocycles. The lowest BCUT2D eigenvalue weighted by atomic mass is 9.91. The summed E-state index contributed by atoms with van der Waals surface area (Å²) in [7, 11) is 0. The Morgan fingerprint density at radius 1 is 1.64 bits per heavy atom. The lowest BCUT2D eigenvalue weighted by Crippen LogP contribution is -2.16. The summed E-state index contributed by atoms with van der Waals surface area (Å²) in [6.07, 6.45) is 2.71. The zero-order chi connectivity index (χ0) is 8.32. The molecule has 0 amide bonds. The highest BCUT2D eigenvalue weighted by Crippen LogP contribution is 2.22. The largest absolute Gasteiger partial charge is 0.181 e. The van der Waals surface area contributed by atoms with Crippen molar-refractivity contribution in [1.29, 1.82) is 0 Å². The third-order valence-corrected chi connectivity index (χ3v) is 2.67. The van der Waals surface area contributed by atoms with Crippen molar-refractivity contribution in [2.75, 3.05) is 5.88 Å². The van der Waals surface area contributed by atoms with Gasteiger partial charge in [0.1, 0.15) is 0 Å². The van der Waals surface area contributed by atoms with Gasteiger partial charge in [-0.1, -0.05) is 13.8 Å². The number of halogens is 1. The van der Waals surface area contributed by atoms with Crippen LogP contribution in [0.4, 0.5) is 0 Å². The Morgan fingerprint density at radius 3 is 2.82 bits per heavy atom. The van der Waals surface area contributed by atoms with Crippen LogP contribution >= 0.6 is 23.3 Å². The van der Waals surface area contributed by atoms with Crippen LogP contribution in [-0.4, -0.2) is 14.6 Å². The number of aromatic nitrogens is 2. The summed E-state index contributed by atoms with van der Waals surface area (Å²) in [6, 6.07) is 0. The van der Waals surface area contributed by atoms with Crippen molar-refractivity contribution in [3.63, 3.8) is 0 Å². The molecule has 11 heavy (non-hydrogen) atoms. The van der Waals surface area contributed by atoms with E-state index < -0.39 is 0 Å². The molecule has 0 aliphatic heterocycles. The van der Waals surface area contributed by atoms with Gasteiger partial charge in [-0.05, 0) is 11.8 Å². The van der Waals surface area contributed by atoms with Gasteiger partial charge < -0.3 is 0 Å². The molecule has 0 radical (unpaired) electrons. The van der Waals surface area contributed by atoms with Crippen LogP contribution in [0.15, 0.2) is 6.20 Å². The van der Waals surface area contributed by atoms with E-state index in [0.29, 0.717) is 5.88 Å². The third-order valence-electron chi connectivity index (χ3n) is 1.43. The van der Waals surface area contributed by atoms with Crippen LogP contribution in [0.1, 0.15) is 19.5 Å². The molecule has 1 heterocycles. The van der Waals surface area contributed by atoms with Crippen LogP contribution in [-0.2, 0) is 6.42 Å². The van der Waals surface area contributed by atoms with E-state index in [-0.39, 0.29) is 5.41 Å². The standard InChI is InChI=1S/C7H11ClN2S/c1-7(2,5-8)3-6-4-9-11-10-6/h4H,3,5H2,1-2H3. The Hall–Kier alpha value is -0.150. The van der Waals surface area contributed by atoms with E-state index >= 15 is 0 Å². The van der Waals surface area contributed by atoms with E-state index in [9.17, 15) is 0 Å². The zero-order valence-corrected chi connectivity index (χ0v) is 8.24. The molecule has 2 nitrogen and oxygen atoms in total. The van der Waals surface area contributed by atoms with E-state index in [2.05, 4.69) is 22.6 Å². The predicted octanol–water partition coefficient (Wildman–Crippen LogP) is 2.35. The fourth-order valence-corrected chi connectivity index (χ4v) is 1.33. The van der Waals surface area contributed by atoms with Gasteiger partial charge in [0.2, 0.25) is 0 Å². The Labute approximate surface area is 75.9 Å². The summed E-state index contributed by atoms with van der Waals surface area (Å²) in [6.45, 7) is 4.25. The molecule has 0 saturated heterocycles. The van der Waals surface area contributed by atoms with E-state index in [1.54, 1.807) is 6.20 Å². The Kier molecular flexibility index (Phi) is 2.84. The van der Waals surface area contributed by atoms with E-state index in [0.717, 1.165) is 12.1 Å². The van der Waals surface area contributed by atoms with Gasteiger partial charge in [0.25, 0.3) is 0 Å². The molecule has 0 aliphatic rings. The number of nitrogens with zero attached hydrogens (tertiary/aromatic N) is 2. The van der Waals surface area contributed by atoms with Crippen molar-refractivity contribution in [2.45, 2.75) is 20.3 Å². The fourth-order valence-electron chi connectivity index (χ4n) is 0.799. The van der Waals surface area contributed by atoms with Crippen molar-refractivity contribution in [3.8, 4) is 0 Å². The summed E-state index contributed by atoms with van der Waals surface area (Å²) in [4.78, 5) is 0. The number of hydrogen-bond acceptors (Lipinski definition) is 3. The average Bonchev–Trinajstić information content (AvgIpc) is 2.39. The monoisotopic (exact) mass is 190 g/mol. The molecule has 1 aromatic rings. The van der Waals surface area contributed by atoms with Gasteiger partial charge in [-0.3, -0.25) is 0 Å². The molecule has 0 N–H and O–H groups in total. The maximum absolute atomic E-state index is 5.77. The minimum atomic E-state index is 0.136. The highest BCUT2D eigenvalue weighted by Gasteiger charge is 2.18. The topological polar surface area (TPSA) is 25.8 Å². The first kappa shape index (κ1) is 8.94. The molecule has 0 spiro atoms. The minimum absolute atomic E-state index is 0.136. The molecule has 1 rings (SSSR count). The Balaban J connectivity index is 2.56. The summed E-state index contributed by atoms with van der Waals surface area (Å²) < 4.78 is 8.05. The fraction of sp³-hybridized carbons (Fsp3) is 0.714. The summed E-state index contributed by atoms with van der Waals surface area (Å²) >= 11 is 7.01. The van der Waals surface area contributed by atoms with Gasteiger partial charge in [-0.25, -0.2) is 0 Å². The van der Waals surface area contributed by atoms with Crippen molar-refractivity contribution in [1.82, 2.24) is 8.75 Å². The van der Waals surface area contributed by atoms with Crippen molar-refractivity contribution in [3.05, 3.63) is 11.9 Å². The van der Waals surface area contributed by atoms with E-state index in [1.807, 2.05) is 0 Å². The minimum Gasteiger partial charge on any atom is -0.181 e. The van der Waals surface area contributed by atoms with Crippen LogP contribution in [0.5, 0.6) is 0 Å². The second kappa shape index (κ2) is 3.50. The molecule has 0 bridgehead atoms. The van der Waals surface area contributed by atoms with Crippen molar-refractivity contribution < 1.29 is 0 Å². The molecule has 0 unspecified atom stereocenters. The van der Waals surface area contributed by atoms with Crippen molar-refractivity contribution in [2.24, 2.45) is 5.41 Å². The molecule has 0 saturated carbocycles. The maximum Gasteiger partial charge on any atom is 0.0748 e. The molecule has 0 fully saturated rings. The number of alkyl halides is 1. The van der Waals surface area contributed by atoms with Crippen LogP contribution in [0.2, 0.25) is 0 Å². The van der Waals surface area contributed by atoms with E-state index in [4.69, 9.17) is 11.6 Å². The van der Waals surface area contributed by atoms with Crippen LogP contribution < -0.4 is 0 Å². The van der Waals surface area contributed by atoms with Crippen LogP contribution in [0, 0.1) is 5.41 Å². The lowest BCUT2D eigenvalue weighted by molar-refractivity contribution is 0.414. The highest BCUT2D eigenvalue weighted by molar-refractivity contribution is 6.99. The highest BCUT2D eigenvalue weighted by atomic mass is 35.5. The summed E-state index contributed by atoms with van der Waals surface area (Å²) in [5.74, 6) is 0.657. The predicted molar refractivity (Wildman–Crippen MR) is 48.1 cm³/mol. The first-order chi connectivity index (χ1) is 5.14. The molecule has 1 aromatic heterocycles. The van der Waals surface area contributed by atoms with Crippen LogP contribution in [0.3, 0.4) is 0 Å². The van der Waals surface area contributed by atoms with Gasteiger partial charge in [0.15, 0.2) is 0 Å². The Morgan fingerprint density at radius 2 is 2.36 bits per heavy atom. The molecule has 62 valence electrons. The zero-order valence-electron chi connectivity index (χ0n) is 6.67. The molecular weight excluding hydrogens is 180 g/mol. The smallest absolute Gasteiger partial charge is 0.0748 e. The van der Waals surface area contributed by atoms with Gasteiger partial charge in [0.05, 0.1) is 23.6 Å². The second-order valence-electron chi connectivity index (χ2n) is 3.37. The van der Waals surface area contributed by atoms with E-state index in [1.165, 1.54) is 11.7 Å². The third kappa shape index (κ3) is 2.75. The molecule has 4 heteroatoms. The number of rotatable bonds is 3. The molecule has 0 aromatic carbocycles. The normalized spacial score (nSPS) is 11.9. The SMILES string of the molecule is CC(C)(CCl)Cc1cnsn1. The van der Waals surface area contributed by atoms with Gasteiger partial charge in [-0.2, -0.15) is 8.75 Å². The summed E-state index contributed by atoms with van der Waals surface area (Å²) in [5.41, 5.74) is 1.18. The number of hydrogen-bond donors (Lipinski definition) is 0. The van der Waals surface area contributed by atoms with Gasteiger partial charge >= 0.3 is 0 Å². The maximum atomic E-state index is 5.77. The first-order valence-electron chi connectivity index (χ1n) is 3.46. The van der Waals surface area contributed by atoms with Crippen molar-refractivity contribution >= 4 is 23.3 Å². The summed E-state index contributed by atoms with van der Waals surface area (Å²) in [5, 5.41) is 0. The van der Waals surface area contributed by atoms with Gasteiger partial charge in [-0.15, -0.1) is 11.6 Å². The lowest BCUT2D eigenvalue weighted by Gasteiger charge is -2.18.